The summed E-state index contributed by atoms with van der Waals surface area (Å²) < 4.78 is 1.62. The Balaban J connectivity index is 1.48. The molecule has 5 aromatic rings. The Morgan fingerprint density at radius 2 is 1.97 bits per heavy atom. The monoisotopic (exact) mass is 461 g/mol. The predicted molar refractivity (Wildman–Crippen MR) is 118 cm³/mol. The molecule has 0 fully saturated rings. The maximum absolute atomic E-state index is 12.6. The van der Waals surface area contributed by atoms with Crippen LogP contribution in [0.5, 0.6) is 0 Å². The van der Waals surface area contributed by atoms with Crippen molar-refractivity contribution in [2.45, 2.75) is 0 Å². The van der Waals surface area contributed by atoms with Gasteiger partial charge < -0.3 is 4.98 Å². The van der Waals surface area contributed by atoms with E-state index in [4.69, 9.17) is 34.8 Å². The summed E-state index contributed by atoms with van der Waals surface area (Å²) in [6.07, 6.45) is 0. The smallest absolute Gasteiger partial charge is 0.274 e. The molecule has 0 saturated heterocycles. The summed E-state index contributed by atoms with van der Waals surface area (Å²) in [4.78, 5) is 20.7. The topological polar surface area (TPSA) is 75.1 Å². The average molecular weight is 463 g/mol. The van der Waals surface area contributed by atoms with Gasteiger partial charge >= 0.3 is 0 Å². The highest BCUT2D eigenvalue weighted by atomic mass is 35.5. The Morgan fingerprint density at radius 3 is 2.79 bits per heavy atom. The van der Waals surface area contributed by atoms with Crippen LogP contribution in [-0.2, 0) is 0 Å². The molecule has 0 radical (unpaired) electrons. The maximum Gasteiger partial charge on any atom is 0.274 e. The van der Waals surface area contributed by atoms with Crippen molar-refractivity contribution in [1.29, 1.82) is 0 Å². The number of amides is 1. The van der Waals surface area contributed by atoms with Gasteiger partial charge in [0.25, 0.3) is 11.9 Å². The SMILES string of the molecule is O=C(Nc1nc2scc(-c3cc(Cl)ccc3Cl)n2n1)c1cc2cccc(Cl)c2[nH]1. The van der Waals surface area contributed by atoms with Gasteiger partial charge in [-0.1, -0.05) is 46.9 Å². The summed E-state index contributed by atoms with van der Waals surface area (Å²) in [5.41, 5.74) is 2.54. The summed E-state index contributed by atoms with van der Waals surface area (Å²) in [5.74, 6) is -0.177. The summed E-state index contributed by atoms with van der Waals surface area (Å²) in [7, 11) is 0. The van der Waals surface area contributed by atoms with Crippen LogP contribution in [0.3, 0.4) is 0 Å². The number of hydrogen-bond acceptors (Lipinski definition) is 4. The number of aromatic amines is 1. The van der Waals surface area contributed by atoms with Crippen LogP contribution in [0.4, 0.5) is 5.95 Å². The number of carbonyl (C=O) groups is 1. The quantitative estimate of drug-likeness (QED) is 0.337. The van der Waals surface area contributed by atoms with E-state index in [0.717, 1.165) is 16.6 Å². The lowest BCUT2D eigenvalue weighted by molar-refractivity contribution is 0.102. The molecular weight excluding hydrogens is 453 g/mol. The summed E-state index contributed by atoms with van der Waals surface area (Å²) in [6.45, 7) is 0. The van der Waals surface area contributed by atoms with Crippen LogP contribution in [-0.4, -0.2) is 25.5 Å². The summed E-state index contributed by atoms with van der Waals surface area (Å²) in [6, 6.07) is 12.4. The third-order valence-corrected chi connectivity index (χ3v) is 6.06. The Labute approximate surface area is 183 Å². The molecule has 1 amide bonds. The van der Waals surface area contributed by atoms with Gasteiger partial charge in [-0.2, -0.15) is 4.98 Å². The fourth-order valence-electron chi connectivity index (χ4n) is 3.02. The lowest BCUT2D eigenvalue weighted by Crippen LogP contribution is -2.13. The Morgan fingerprint density at radius 1 is 1.10 bits per heavy atom. The number of H-pyrrole nitrogens is 1. The molecule has 0 unspecified atom stereocenters. The van der Waals surface area contributed by atoms with Crippen molar-refractivity contribution in [3.63, 3.8) is 0 Å². The molecule has 0 saturated carbocycles. The number of anilines is 1. The summed E-state index contributed by atoms with van der Waals surface area (Å²) in [5, 5.41) is 11.5. The highest BCUT2D eigenvalue weighted by Gasteiger charge is 2.17. The second kappa shape index (κ2) is 7.03. The molecule has 0 bridgehead atoms. The largest absolute Gasteiger partial charge is 0.349 e. The first kappa shape index (κ1) is 18.4. The van der Waals surface area contributed by atoms with Gasteiger partial charge in [-0.3, -0.25) is 10.1 Å². The molecule has 0 spiro atoms. The van der Waals surface area contributed by atoms with Crippen LogP contribution in [0, 0.1) is 0 Å². The van der Waals surface area contributed by atoms with Gasteiger partial charge in [0.05, 0.1) is 21.3 Å². The molecule has 0 atom stereocenters. The molecule has 29 heavy (non-hydrogen) atoms. The van der Waals surface area contributed by atoms with Crippen LogP contribution in [0.2, 0.25) is 15.1 Å². The van der Waals surface area contributed by atoms with Crippen molar-refractivity contribution in [1.82, 2.24) is 19.6 Å². The van der Waals surface area contributed by atoms with E-state index in [-0.39, 0.29) is 11.9 Å². The molecule has 6 nitrogen and oxygen atoms in total. The van der Waals surface area contributed by atoms with E-state index in [0.29, 0.717) is 31.2 Å². The number of halogens is 3. The van der Waals surface area contributed by atoms with Gasteiger partial charge in [-0.15, -0.1) is 16.4 Å². The Bertz CT molecular complexity index is 1400. The minimum Gasteiger partial charge on any atom is -0.349 e. The average Bonchev–Trinajstić information content (AvgIpc) is 3.38. The second-order valence-electron chi connectivity index (χ2n) is 6.22. The minimum atomic E-state index is -0.363. The number of thiazole rings is 1. The van der Waals surface area contributed by atoms with E-state index in [2.05, 4.69) is 20.4 Å². The van der Waals surface area contributed by atoms with Crippen LogP contribution < -0.4 is 5.32 Å². The molecule has 2 aromatic carbocycles. The maximum atomic E-state index is 12.6. The van der Waals surface area contributed by atoms with Crippen molar-refractivity contribution in [3.8, 4) is 11.3 Å². The predicted octanol–water partition coefficient (Wildman–Crippen LogP) is 6.15. The molecule has 3 aromatic heterocycles. The molecule has 2 N–H and O–H groups in total. The van der Waals surface area contributed by atoms with Gasteiger partial charge in [0.15, 0.2) is 0 Å². The van der Waals surface area contributed by atoms with Gasteiger partial charge in [-0.25, -0.2) is 4.52 Å². The third kappa shape index (κ3) is 3.26. The molecule has 144 valence electrons. The number of nitrogens with zero attached hydrogens (tertiary/aromatic N) is 3. The first-order valence-corrected chi connectivity index (χ1v) is 10.4. The number of nitrogens with one attached hydrogen (secondary N) is 2. The molecule has 3 heterocycles. The Kier molecular flexibility index (Phi) is 4.48. The van der Waals surface area contributed by atoms with Crippen molar-refractivity contribution < 1.29 is 4.79 Å². The van der Waals surface area contributed by atoms with E-state index in [1.165, 1.54) is 11.3 Å². The van der Waals surface area contributed by atoms with Crippen LogP contribution in [0.15, 0.2) is 47.8 Å². The molecule has 5 rings (SSSR count). The molecule has 0 aliphatic rings. The zero-order valence-corrected chi connectivity index (χ0v) is 17.5. The lowest BCUT2D eigenvalue weighted by Gasteiger charge is -2.03. The Hall–Kier alpha value is -2.58. The van der Waals surface area contributed by atoms with E-state index < -0.39 is 0 Å². The number of rotatable bonds is 3. The van der Waals surface area contributed by atoms with Crippen LogP contribution >= 0.6 is 46.1 Å². The van der Waals surface area contributed by atoms with Crippen molar-refractivity contribution in [3.05, 3.63) is 68.6 Å². The first-order valence-electron chi connectivity index (χ1n) is 8.38. The van der Waals surface area contributed by atoms with Crippen LogP contribution in [0.25, 0.3) is 27.1 Å². The number of carbonyl (C=O) groups excluding carboxylic acids is 1. The van der Waals surface area contributed by atoms with Gasteiger partial charge in [-0.05, 0) is 30.3 Å². The lowest BCUT2D eigenvalue weighted by atomic mass is 10.2. The fraction of sp³-hybridized carbons (Fsp3) is 0. The normalized spacial score (nSPS) is 11.4. The van der Waals surface area contributed by atoms with E-state index >= 15 is 0 Å². The van der Waals surface area contributed by atoms with Gasteiger partial charge in [0.1, 0.15) is 5.69 Å². The molecule has 10 heteroatoms. The summed E-state index contributed by atoms with van der Waals surface area (Å²) >= 11 is 20.0. The van der Waals surface area contributed by atoms with Gasteiger partial charge in [0, 0.05) is 21.4 Å². The number of para-hydroxylation sites is 1. The third-order valence-electron chi connectivity index (χ3n) is 4.36. The second-order valence-corrected chi connectivity index (χ2v) is 8.30. The van der Waals surface area contributed by atoms with E-state index in [1.54, 1.807) is 34.8 Å². The van der Waals surface area contributed by atoms with Crippen molar-refractivity contribution in [2.24, 2.45) is 0 Å². The molecule has 0 aliphatic carbocycles. The van der Waals surface area contributed by atoms with Crippen LogP contribution in [0.1, 0.15) is 10.5 Å². The fourth-order valence-corrected chi connectivity index (χ4v) is 4.46. The van der Waals surface area contributed by atoms with E-state index in [9.17, 15) is 4.79 Å². The highest BCUT2D eigenvalue weighted by Crippen LogP contribution is 2.33. The number of hydrogen-bond donors (Lipinski definition) is 2. The van der Waals surface area contributed by atoms with E-state index in [1.807, 2.05) is 17.5 Å². The highest BCUT2D eigenvalue weighted by molar-refractivity contribution is 7.15. The van der Waals surface area contributed by atoms with Gasteiger partial charge in [0.2, 0.25) is 4.96 Å². The zero-order valence-electron chi connectivity index (χ0n) is 14.4. The molecular formula is C19H10Cl3N5OS. The first-order chi connectivity index (χ1) is 14.0. The number of fused-ring (bicyclic) bond motifs is 2. The zero-order chi connectivity index (χ0) is 20.1. The standard InChI is InChI=1S/C19H10Cl3N5OS/c20-10-4-5-12(21)11(7-10)15-8-29-19-25-18(26-27(15)19)24-17(28)14-6-9-2-1-3-13(22)16(9)23-14/h1-8,23H,(H,24,26,28). The molecule has 0 aliphatic heterocycles. The van der Waals surface area contributed by atoms with Crippen molar-refractivity contribution in [2.75, 3.05) is 5.32 Å². The number of aromatic nitrogens is 4. The van der Waals surface area contributed by atoms with Crippen molar-refractivity contribution >= 4 is 73.9 Å². The minimum absolute atomic E-state index is 0.186. The number of benzene rings is 2.